The highest BCUT2D eigenvalue weighted by Gasteiger charge is 2.39. The largest absolute Gasteiger partial charge is 0.494 e. The molecule has 1 fully saturated rings. The highest BCUT2D eigenvalue weighted by Crippen LogP contribution is 2.33. The summed E-state index contributed by atoms with van der Waals surface area (Å²) in [7, 11) is -4.05. The molecular weight excluding hydrogens is 542 g/mol. The Morgan fingerprint density at radius 3 is 2.61 bits per heavy atom. The monoisotopic (exact) mass is 569 g/mol. The van der Waals surface area contributed by atoms with Crippen LogP contribution in [0.5, 0.6) is 5.75 Å². The van der Waals surface area contributed by atoms with E-state index in [4.69, 9.17) is 16.3 Å². The fourth-order valence-corrected chi connectivity index (χ4v) is 7.15. The van der Waals surface area contributed by atoms with Gasteiger partial charge in [0.05, 0.1) is 10.9 Å². The highest BCUT2D eigenvalue weighted by molar-refractivity contribution is 8.16. The van der Waals surface area contributed by atoms with Crippen molar-refractivity contribution in [2.75, 3.05) is 18.5 Å². The van der Waals surface area contributed by atoms with E-state index in [2.05, 4.69) is 23.2 Å². The van der Waals surface area contributed by atoms with Crippen molar-refractivity contribution in [3.63, 3.8) is 0 Å². The van der Waals surface area contributed by atoms with Crippen LogP contribution in [0.25, 0.3) is 0 Å². The highest BCUT2D eigenvalue weighted by atomic mass is 35.5. The molecule has 2 amide bonds. The Hall–Kier alpha value is -2.34. The van der Waals surface area contributed by atoms with E-state index >= 15 is 0 Å². The molecule has 2 aromatic rings. The van der Waals surface area contributed by atoms with Crippen molar-refractivity contribution in [3.8, 4) is 5.75 Å². The molecule has 1 aliphatic rings. The lowest BCUT2D eigenvalue weighted by Gasteiger charge is -2.13. The van der Waals surface area contributed by atoms with Crippen LogP contribution in [0, 0.1) is 0 Å². The molecule has 0 spiro atoms. The second kappa shape index (κ2) is 13.3. The van der Waals surface area contributed by atoms with Crippen LogP contribution >= 0.6 is 34.7 Å². The molecule has 1 aliphatic heterocycles. The maximum absolute atomic E-state index is 12.9. The minimum atomic E-state index is -4.05. The number of benzene rings is 1. The maximum atomic E-state index is 12.9. The molecule has 1 saturated heterocycles. The smallest absolute Gasteiger partial charge is 0.294 e. The van der Waals surface area contributed by atoms with E-state index in [1.807, 2.05) is 0 Å². The molecule has 12 heteroatoms. The van der Waals surface area contributed by atoms with Crippen LogP contribution < -0.4 is 10.1 Å². The molecule has 36 heavy (non-hydrogen) atoms. The molecule has 0 bridgehead atoms. The molecule has 1 aromatic carbocycles. The van der Waals surface area contributed by atoms with Crippen LogP contribution in [-0.2, 0) is 19.6 Å². The van der Waals surface area contributed by atoms with Gasteiger partial charge in [-0.05, 0) is 42.8 Å². The molecule has 1 atom stereocenters. The Labute approximate surface area is 224 Å². The van der Waals surface area contributed by atoms with Crippen LogP contribution in [0.2, 0.25) is 4.34 Å². The number of nitrogens with one attached hydrogen (secondary N) is 1. The lowest BCUT2D eigenvalue weighted by atomic mass is 10.2. The first kappa shape index (κ1) is 28.2. The lowest BCUT2D eigenvalue weighted by molar-refractivity contribution is -0.127. The van der Waals surface area contributed by atoms with Crippen LogP contribution in [0.15, 0.2) is 57.7 Å². The summed E-state index contributed by atoms with van der Waals surface area (Å²) in [5.74, 6) is -0.0537. The quantitative estimate of drug-likeness (QED) is 0.250. The third-order valence-electron chi connectivity index (χ3n) is 5.11. The fraction of sp³-hybridized carbons (Fsp3) is 0.375. The molecule has 2 heterocycles. The van der Waals surface area contributed by atoms with E-state index < -0.39 is 21.2 Å². The molecule has 0 aliphatic carbocycles. The molecule has 1 N–H and O–H groups in total. The molecule has 8 nitrogen and oxygen atoms in total. The van der Waals surface area contributed by atoms with Gasteiger partial charge < -0.3 is 10.1 Å². The van der Waals surface area contributed by atoms with Crippen molar-refractivity contribution >= 4 is 67.4 Å². The van der Waals surface area contributed by atoms with Gasteiger partial charge in [-0.2, -0.15) is 8.42 Å². The van der Waals surface area contributed by atoms with E-state index in [9.17, 15) is 18.0 Å². The van der Waals surface area contributed by atoms with Gasteiger partial charge in [0.25, 0.3) is 10.0 Å². The van der Waals surface area contributed by atoms with E-state index in [0.717, 1.165) is 41.7 Å². The second-order valence-corrected chi connectivity index (χ2v) is 12.7. The number of thioether (sulfide) groups is 1. The summed E-state index contributed by atoms with van der Waals surface area (Å²) in [4.78, 5) is 26.7. The number of amides is 2. The first-order valence-corrected chi connectivity index (χ1v) is 15.0. The standard InChI is InChI=1S/C24H28ClN3O5S3/c1-3-5-6-7-15-33-18-10-8-17(9-11-18)26-21(29)16-19-23(30)28(14-4-2)24(34-19)27-36(31,32)22-13-12-20(25)35-22/h4,8-13,19H,2-3,5-7,14-16H2,1H3,(H,26,29)/b27-24+. The SMILES string of the molecule is C=CCN1C(=O)C(CC(=O)Nc2ccc(OCCCCCC)cc2)S/C1=N/S(=O)(=O)c1ccc(Cl)s1. The number of rotatable bonds is 13. The molecule has 1 aromatic heterocycles. The zero-order chi connectivity index (χ0) is 26.1. The van der Waals surface area contributed by atoms with Gasteiger partial charge in [0, 0.05) is 18.7 Å². The zero-order valence-electron chi connectivity index (χ0n) is 19.8. The van der Waals surface area contributed by atoms with Crippen molar-refractivity contribution in [1.29, 1.82) is 0 Å². The summed E-state index contributed by atoms with van der Waals surface area (Å²) in [5, 5.41) is 1.96. The van der Waals surface area contributed by atoms with E-state index in [1.54, 1.807) is 24.3 Å². The van der Waals surface area contributed by atoms with Gasteiger partial charge in [0.2, 0.25) is 11.8 Å². The van der Waals surface area contributed by atoms with Crippen molar-refractivity contribution in [1.82, 2.24) is 4.90 Å². The molecule has 3 rings (SSSR count). The van der Waals surface area contributed by atoms with E-state index in [0.29, 0.717) is 16.6 Å². The van der Waals surface area contributed by atoms with Gasteiger partial charge in [-0.25, -0.2) is 0 Å². The lowest BCUT2D eigenvalue weighted by Crippen LogP contribution is -2.33. The van der Waals surface area contributed by atoms with Crippen LogP contribution in [0.1, 0.15) is 39.0 Å². The van der Waals surface area contributed by atoms with E-state index in [1.165, 1.54) is 36.0 Å². The Balaban J connectivity index is 1.60. The molecule has 194 valence electrons. The van der Waals surface area contributed by atoms with E-state index in [-0.39, 0.29) is 28.2 Å². The maximum Gasteiger partial charge on any atom is 0.294 e. The molecule has 0 radical (unpaired) electrons. The molecule has 1 unspecified atom stereocenters. The minimum Gasteiger partial charge on any atom is -0.494 e. The topological polar surface area (TPSA) is 105 Å². The Bertz CT molecular complexity index is 1210. The van der Waals surface area contributed by atoms with Crippen molar-refractivity contribution in [2.45, 2.75) is 48.5 Å². The second-order valence-electron chi connectivity index (χ2n) is 7.94. The fourth-order valence-electron chi connectivity index (χ4n) is 3.32. The minimum absolute atomic E-state index is 0.00246. The predicted molar refractivity (Wildman–Crippen MR) is 147 cm³/mol. The number of hydrogen-bond donors (Lipinski definition) is 1. The van der Waals surface area contributed by atoms with Crippen LogP contribution in [-0.4, -0.2) is 48.7 Å². The average Bonchev–Trinajstić information content (AvgIpc) is 3.39. The Kier molecular flexibility index (Phi) is 10.4. The predicted octanol–water partition coefficient (Wildman–Crippen LogP) is 5.56. The first-order valence-electron chi connectivity index (χ1n) is 11.5. The first-order chi connectivity index (χ1) is 17.2. The third-order valence-corrected chi connectivity index (χ3v) is 9.36. The molecular formula is C24H28ClN3O5S3. The van der Waals surface area contributed by atoms with Crippen LogP contribution in [0.4, 0.5) is 5.69 Å². The van der Waals surface area contributed by atoms with Crippen molar-refractivity contribution in [3.05, 3.63) is 53.4 Å². The number of thiophene rings is 1. The van der Waals surface area contributed by atoms with Crippen LogP contribution in [0.3, 0.4) is 0 Å². The number of anilines is 1. The van der Waals surface area contributed by atoms with Gasteiger partial charge >= 0.3 is 0 Å². The summed E-state index contributed by atoms with van der Waals surface area (Å²) in [6.07, 6.45) is 5.82. The van der Waals surface area contributed by atoms with Crippen molar-refractivity contribution in [2.24, 2.45) is 4.40 Å². The van der Waals surface area contributed by atoms with Gasteiger partial charge in [-0.1, -0.05) is 55.6 Å². The number of unbranched alkanes of at least 4 members (excludes halogenated alkanes) is 3. The third kappa shape index (κ3) is 7.83. The zero-order valence-corrected chi connectivity index (χ0v) is 23.0. The number of ether oxygens (including phenoxy) is 1. The summed E-state index contributed by atoms with van der Waals surface area (Å²) in [5.41, 5.74) is 0.572. The summed E-state index contributed by atoms with van der Waals surface area (Å²) >= 11 is 7.67. The van der Waals surface area contributed by atoms with Gasteiger partial charge in [0.15, 0.2) is 5.17 Å². The average molecular weight is 570 g/mol. The number of carbonyl (C=O) groups excluding carboxylic acids is 2. The number of hydrogen-bond acceptors (Lipinski definition) is 7. The number of halogens is 1. The number of amidine groups is 1. The summed E-state index contributed by atoms with van der Waals surface area (Å²) < 4.78 is 35.2. The van der Waals surface area contributed by atoms with Gasteiger partial charge in [-0.3, -0.25) is 14.5 Å². The normalized spacial score (nSPS) is 16.9. The summed E-state index contributed by atoms with van der Waals surface area (Å²) in [6, 6.07) is 9.86. The molecule has 0 saturated carbocycles. The number of nitrogens with zero attached hydrogens (tertiary/aromatic N) is 2. The van der Waals surface area contributed by atoms with Gasteiger partial charge in [-0.15, -0.1) is 22.3 Å². The Morgan fingerprint density at radius 1 is 1.22 bits per heavy atom. The number of sulfonamides is 1. The Morgan fingerprint density at radius 2 is 1.97 bits per heavy atom. The summed E-state index contributed by atoms with van der Waals surface area (Å²) in [6.45, 7) is 6.50. The number of carbonyl (C=O) groups is 2. The van der Waals surface area contributed by atoms with Crippen molar-refractivity contribution < 1.29 is 22.7 Å². The van der Waals surface area contributed by atoms with Gasteiger partial charge in [0.1, 0.15) is 15.2 Å².